The number of carbonyl (C=O) groups is 2. The third-order valence-corrected chi connectivity index (χ3v) is 4.97. The lowest BCUT2D eigenvalue weighted by molar-refractivity contribution is -0.152. The van der Waals surface area contributed by atoms with Crippen molar-refractivity contribution in [3.8, 4) is 0 Å². The Morgan fingerprint density at radius 1 is 1.30 bits per heavy atom. The predicted octanol–water partition coefficient (Wildman–Crippen LogP) is 1.90. The summed E-state index contributed by atoms with van der Waals surface area (Å²) in [5.41, 5.74) is -0.0381. The van der Waals surface area contributed by atoms with E-state index < -0.39 is 12.0 Å². The maximum absolute atomic E-state index is 12.8. The van der Waals surface area contributed by atoms with Gasteiger partial charge < -0.3 is 14.7 Å². The molecule has 1 amide bonds. The first kappa shape index (κ1) is 15.3. The average molecular weight is 283 g/mol. The number of hydrogen-bond donors (Lipinski definition) is 1. The van der Waals surface area contributed by atoms with E-state index in [0.29, 0.717) is 13.0 Å². The van der Waals surface area contributed by atoms with E-state index in [0.717, 1.165) is 25.7 Å². The van der Waals surface area contributed by atoms with Crippen LogP contribution in [0.15, 0.2) is 0 Å². The largest absolute Gasteiger partial charge is 0.480 e. The highest BCUT2D eigenvalue weighted by Crippen LogP contribution is 2.42. The van der Waals surface area contributed by atoms with E-state index >= 15 is 0 Å². The Morgan fingerprint density at radius 3 is 2.55 bits per heavy atom. The van der Waals surface area contributed by atoms with Gasteiger partial charge in [-0.1, -0.05) is 26.7 Å². The highest BCUT2D eigenvalue weighted by molar-refractivity contribution is 5.86. The topological polar surface area (TPSA) is 66.8 Å². The van der Waals surface area contributed by atoms with Crippen molar-refractivity contribution in [1.29, 1.82) is 0 Å². The number of hydrogen-bond acceptors (Lipinski definition) is 3. The smallest absolute Gasteiger partial charge is 0.326 e. The van der Waals surface area contributed by atoms with Crippen LogP contribution in [0.4, 0.5) is 0 Å². The van der Waals surface area contributed by atoms with Crippen LogP contribution in [0.1, 0.15) is 46.0 Å². The monoisotopic (exact) mass is 283 g/mol. The zero-order valence-electron chi connectivity index (χ0n) is 12.6. The zero-order valence-corrected chi connectivity index (χ0v) is 12.6. The third-order valence-electron chi connectivity index (χ3n) is 4.97. The fourth-order valence-electron chi connectivity index (χ4n) is 3.60. The van der Waals surface area contributed by atoms with Crippen molar-refractivity contribution in [2.75, 3.05) is 13.7 Å². The molecule has 0 spiro atoms. The number of carboxylic acids is 1. The quantitative estimate of drug-likeness (QED) is 0.859. The summed E-state index contributed by atoms with van der Waals surface area (Å²) < 4.78 is 5.25. The molecule has 1 saturated carbocycles. The average Bonchev–Trinajstić information content (AvgIpc) is 2.82. The summed E-state index contributed by atoms with van der Waals surface area (Å²) in [4.78, 5) is 25.7. The first-order valence-corrected chi connectivity index (χ1v) is 7.43. The van der Waals surface area contributed by atoms with Crippen LogP contribution >= 0.6 is 0 Å². The number of amides is 1. The maximum Gasteiger partial charge on any atom is 0.326 e. The Kier molecular flexibility index (Phi) is 4.37. The molecule has 1 aliphatic heterocycles. The number of carboxylic acid groups (broad SMARTS) is 1. The molecule has 5 nitrogen and oxygen atoms in total. The van der Waals surface area contributed by atoms with E-state index in [-0.39, 0.29) is 23.3 Å². The Hall–Kier alpha value is -1.10. The molecule has 2 fully saturated rings. The molecule has 0 bridgehead atoms. The van der Waals surface area contributed by atoms with Crippen LogP contribution in [-0.2, 0) is 14.3 Å². The van der Waals surface area contributed by atoms with Crippen molar-refractivity contribution in [2.24, 2.45) is 11.3 Å². The van der Waals surface area contributed by atoms with Gasteiger partial charge in [0.1, 0.15) is 6.04 Å². The highest BCUT2D eigenvalue weighted by atomic mass is 16.5. The first-order valence-electron chi connectivity index (χ1n) is 7.43. The number of likely N-dealkylation sites (tertiary alicyclic amines) is 1. The number of methoxy groups -OCH3 is 1. The minimum atomic E-state index is -0.925. The van der Waals surface area contributed by atoms with Crippen LogP contribution < -0.4 is 0 Å². The van der Waals surface area contributed by atoms with Crippen molar-refractivity contribution in [3.05, 3.63) is 0 Å². The fraction of sp³-hybridized carbons (Fsp3) is 0.867. The van der Waals surface area contributed by atoms with Crippen molar-refractivity contribution in [1.82, 2.24) is 4.90 Å². The van der Waals surface area contributed by atoms with E-state index in [1.807, 2.05) is 0 Å². The van der Waals surface area contributed by atoms with Gasteiger partial charge in [-0.2, -0.15) is 0 Å². The summed E-state index contributed by atoms with van der Waals surface area (Å²) in [6.45, 7) is 4.64. The minimum absolute atomic E-state index is 0.00153. The lowest BCUT2D eigenvalue weighted by Gasteiger charge is -2.40. The predicted molar refractivity (Wildman–Crippen MR) is 74.3 cm³/mol. The second kappa shape index (κ2) is 5.72. The van der Waals surface area contributed by atoms with Crippen LogP contribution in [-0.4, -0.2) is 47.7 Å². The fourth-order valence-corrected chi connectivity index (χ4v) is 3.60. The van der Waals surface area contributed by atoms with Gasteiger partial charge in [0.2, 0.25) is 5.91 Å². The highest BCUT2D eigenvalue weighted by Gasteiger charge is 2.46. The van der Waals surface area contributed by atoms with Crippen LogP contribution in [0.2, 0.25) is 0 Å². The number of nitrogens with zero attached hydrogens (tertiary/aromatic N) is 1. The van der Waals surface area contributed by atoms with Gasteiger partial charge in [-0.15, -0.1) is 0 Å². The number of aliphatic carboxylic acids is 1. The molecule has 3 unspecified atom stereocenters. The van der Waals surface area contributed by atoms with E-state index in [4.69, 9.17) is 4.74 Å². The van der Waals surface area contributed by atoms with Crippen LogP contribution in [0.3, 0.4) is 0 Å². The molecule has 1 N–H and O–H groups in total. The van der Waals surface area contributed by atoms with Gasteiger partial charge in [0.15, 0.2) is 0 Å². The van der Waals surface area contributed by atoms with Crippen molar-refractivity contribution in [3.63, 3.8) is 0 Å². The Labute approximate surface area is 120 Å². The molecular weight excluding hydrogens is 258 g/mol. The SMILES string of the molecule is COC1CC(C(=O)O)N(C(=O)C2CCCCC2(C)C)C1. The van der Waals surface area contributed by atoms with E-state index in [1.165, 1.54) is 4.90 Å². The van der Waals surface area contributed by atoms with Gasteiger partial charge >= 0.3 is 5.97 Å². The standard InChI is InChI=1S/C15H25NO4/c1-15(2)7-5-4-6-11(15)13(17)16-9-10(20-3)8-12(16)14(18)19/h10-12H,4-9H2,1-3H3,(H,18,19). The molecular formula is C15H25NO4. The molecule has 0 aromatic heterocycles. The molecule has 0 aromatic rings. The number of rotatable bonds is 3. The second-order valence-electron chi connectivity index (χ2n) is 6.72. The normalized spacial score (nSPS) is 33.1. The van der Waals surface area contributed by atoms with E-state index in [1.54, 1.807) is 7.11 Å². The summed E-state index contributed by atoms with van der Waals surface area (Å²) in [5, 5.41) is 9.32. The van der Waals surface area contributed by atoms with Crippen molar-refractivity contribution in [2.45, 2.75) is 58.1 Å². The minimum Gasteiger partial charge on any atom is -0.480 e. The molecule has 114 valence electrons. The molecule has 0 aromatic carbocycles. The molecule has 1 heterocycles. The van der Waals surface area contributed by atoms with Gasteiger partial charge in [-0.25, -0.2) is 4.79 Å². The molecule has 1 saturated heterocycles. The van der Waals surface area contributed by atoms with Crippen molar-refractivity contribution < 1.29 is 19.4 Å². The third kappa shape index (κ3) is 2.82. The van der Waals surface area contributed by atoms with Gasteiger partial charge in [0, 0.05) is 26.0 Å². The summed E-state index contributed by atoms with van der Waals surface area (Å²) >= 11 is 0. The lowest BCUT2D eigenvalue weighted by Crippen LogP contribution is -2.48. The first-order chi connectivity index (χ1) is 9.36. The van der Waals surface area contributed by atoms with E-state index in [9.17, 15) is 14.7 Å². The van der Waals surface area contributed by atoms with Gasteiger partial charge in [0.25, 0.3) is 0 Å². The van der Waals surface area contributed by atoms with Crippen LogP contribution in [0, 0.1) is 11.3 Å². The van der Waals surface area contributed by atoms with E-state index in [2.05, 4.69) is 13.8 Å². The molecule has 2 aliphatic rings. The molecule has 0 radical (unpaired) electrons. The molecule has 2 rings (SSSR count). The molecule has 3 atom stereocenters. The Balaban J connectivity index is 2.16. The lowest BCUT2D eigenvalue weighted by atomic mass is 9.68. The second-order valence-corrected chi connectivity index (χ2v) is 6.72. The van der Waals surface area contributed by atoms with Crippen LogP contribution in [0.5, 0.6) is 0 Å². The molecule has 20 heavy (non-hydrogen) atoms. The Bertz CT molecular complexity index is 393. The molecule has 1 aliphatic carbocycles. The number of ether oxygens (including phenoxy) is 1. The number of carbonyl (C=O) groups excluding carboxylic acids is 1. The van der Waals surface area contributed by atoms with Crippen LogP contribution in [0.25, 0.3) is 0 Å². The summed E-state index contributed by atoms with van der Waals surface area (Å²) in [5.74, 6) is -0.984. The van der Waals surface area contributed by atoms with Gasteiger partial charge in [-0.05, 0) is 18.3 Å². The Morgan fingerprint density at radius 2 is 2.00 bits per heavy atom. The van der Waals surface area contributed by atoms with Crippen molar-refractivity contribution >= 4 is 11.9 Å². The summed E-state index contributed by atoms with van der Waals surface area (Å²) in [6.07, 6.45) is 4.34. The maximum atomic E-state index is 12.8. The van der Waals surface area contributed by atoms with Gasteiger partial charge in [-0.3, -0.25) is 4.79 Å². The summed E-state index contributed by atoms with van der Waals surface area (Å²) in [7, 11) is 1.57. The molecule has 5 heteroatoms. The zero-order chi connectivity index (χ0) is 14.9. The summed E-state index contributed by atoms with van der Waals surface area (Å²) in [6, 6.07) is -0.731. The van der Waals surface area contributed by atoms with Gasteiger partial charge in [0.05, 0.1) is 6.10 Å².